The topological polar surface area (TPSA) is 20.2 Å². The quantitative estimate of drug-likeness (QED) is 0.399. The Morgan fingerprint density at radius 1 is 1.25 bits per heavy atom. The lowest BCUT2D eigenvalue weighted by Gasteiger charge is -1.41. The Bertz CT molecular complexity index is 37.8. The molecule has 0 saturated heterocycles. The first-order chi connectivity index (χ1) is 3.83. The van der Waals surface area contributed by atoms with Crippen LogP contribution >= 0.6 is 11.6 Å². The van der Waals surface area contributed by atoms with Gasteiger partial charge >= 0.3 is 0 Å². The van der Waals surface area contributed by atoms with E-state index in [1.165, 1.54) is 5.54 Å². The first kappa shape index (κ1) is 15.7. The maximum Gasteiger partial charge on any atom is 0.0719 e. The van der Waals surface area contributed by atoms with Gasteiger partial charge in [0, 0.05) is 0 Å². The number of hydrogen-bond donors (Lipinski definition) is 1. The van der Waals surface area contributed by atoms with E-state index >= 15 is 0 Å². The molecule has 0 bridgehead atoms. The number of halogens is 1. The third-order valence-corrected chi connectivity index (χ3v) is 0. The molecule has 0 atom stereocenters. The summed E-state index contributed by atoms with van der Waals surface area (Å²) in [5.41, 5.74) is 1.22. The molecule has 2 heteroatoms. The minimum absolute atomic E-state index is 0.750. The van der Waals surface area contributed by atoms with Crippen molar-refractivity contribution < 1.29 is 5.11 Å². The van der Waals surface area contributed by atoms with E-state index < -0.39 is 0 Å². The molecule has 0 aliphatic carbocycles. The zero-order chi connectivity index (χ0) is 7.41. The second-order valence-electron chi connectivity index (χ2n) is 0.337. The Morgan fingerprint density at radius 3 is 1.25 bits per heavy atom. The van der Waals surface area contributed by atoms with Crippen molar-refractivity contribution in [1.82, 2.24) is 0 Å². The van der Waals surface area contributed by atoms with Crippen molar-refractivity contribution in [2.24, 2.45) is 0 Å². The summed E-state index contributed by atoms with van der Waals surface area (Å²) in [5.74, 6) is 0. The smallest absolute Gasteiger partial charge is 0.0719 e. The fraction of sp³-hybridized carbons (Fsp3) is 0. The highest BCUT2D eigenvalue weighted by Gasteiger charge is 1.18. The molecule has 1 N–H and O–H groups in total. The summed E-state index contributed by atoms with van der Waals surface area (Å²) in [6.07, 6.45) is 0.750. The van der Waals surface area contributed by atoms with Crippen LogP contribution in [0.2, 0.25) is 0 Å². The third kappa shape index (κ3) is 207. The molecule has 0 unspecified atom stereocenters. The lowest BCUT2D eigenvalue weighted by atomic mass is 11.2. The molecule has 0 aromatic carbocycles. The molecular weight excluding hydrogens is 124 g/mol. The van der Waals surface area contributed by atoms with Crippen molar-refractivity contribution in [3.63, 3.8) is 0 Å². The van der Waals surface area contributed by atoms with Crippen molar-refractivity contribution in [3.8, 4) is 0 Å². The molecule has 48 valence electrons. The molecular formula is C6H11ClO. The van der Waals surface area contributed by atoms with Gasteiger partial charge in [0.25, 0.3) is 0 Å². The van der Waals surface area contributed by atoms with E-state index in [4.69, 9.17) is 16.7 Å². The van der Waals surface area contributed by atoms with E-state index in [0.717, 1.165) is 6.26 Å². The molecule has 0 rings (SSSR count). The Balaban J connectivity index is -0.0000000483. The van der Waals surface area contributed by atoms with E-state index in [2.05, 4.69) is 26.3 Å². The van der Waals surface area contributed by atoms with Crippen LogP contribution in [0, 0.1) is 0 Å². The normalized spacial score (nSPS) is 3.62. The summed E-state index contributed by atoms with van der Waals surface area (Å²) >= 11 is 4.76. The van der Waals surface area contributed by atoms with Crippen LogP contribution < -0.4 is 0 Å². The summed E-state index contributed by atoms with van der Waals surface area (Å²) in [5, 5.41) is 7.33. The van der Waals surface area contributed by atoms with Gasteiger partial charge in [-0.1, -0.05) is 24.8 Å². The average molecular weight is 135 g/mol. The van der Waals surface area contributed by atoms with Crippen LogP contribution in [0.25, 0.3) is 0 Å². The van der Waals surface area contributed by atoms with E-state index in [-0.39, 0.29) is 0 Å². The second-order valence-corrected chi connectivity index (χ2v) is 0.645. The van der Waals surface area contributed by atoms with Gasteiger partial charge in [-0.05, 0) is 5.54 Å². The standard InChI is InChI=1S/C2H3Cl.C2H4O.C2H4/c2*1-2-3;1-2/h2H,1H2;2-3H,1H2;1-2H2. The molecule has 0 aliphatic heterocycles. The number of hydrogen-bond acceptors (Lipinski definition) is 1. The van der Waals surface area contributed by atoms with Crippen LogP contribution in [0.5, 0.6) is 0 Å². The van der Waals surface area contributed by atoms with Crippen molar-refractivity contribution in [2.75, 3.05) is 0 Å². The van der Waals surface area contributed by atoms with Gasteiger partial charge in [-0.2, -0.15) is 0 Å². The van der Waals surface area contributed by atoms with Gasteiger partial charge in [0.2, 0.25) is 0 Å². The Labute approximate surface area is 55.6 Å². The average Bonchev–Trinajstić information content (AvgIpc) is 1.75. The second kappa shape index (κ2) is 104. The van der Waals surface area contributed by atoms with Crippen molar-refractivity contribution in [3.05, 3.63) is 38.1 Å². The van der Waals surface area contributed by atoms with E-state index in [0.29, 0.717) is 0 Å². The monoisotopic (exact) mass is 134 g/mol. The molecule has 1 nitrogen and oxygen atoms in total. The van der Waals surface area contributed by atoms with Crippen molar-refractivity contribution >= 4 is 11.6 Å². The number of aliphatic hydroxyl groups is 1. The Kier molecular flexibility index (Phi) is 203. The van der Waals surface area contributed by atoms with Gasteiger partial charge in [-0.15, -0.1) is 13.2 Å². The van der Waals surface area contributed by atoms with E-state index in [1.54, 1.807) is 0 Å². The highest BCUT2D eigenvalue weighted by atomic mass is 35.5. The van der Waals surface area contributed by atoms with Crippen molar-refractivity contribution in [2.45, 2.75) is 0 Å². The molecule has 0 saturated carbocycles. The predicted octanol–water partition coefficient (Wildman–Crippen LogP) is 2.86. The van der Waals surface area contributed by atoms with Crippen LogP contribution in [0.3, 0.4) is 0 Å². The molecule has 0 aliphatic rings. The first-order valence-electron chi connectivity index (χ1n) is 1.79. The summed E-state index contributed by atoms with van der Waals surface area (Å²) in [6.45, 7) is 12.0. The Morgan fingerprint density at radius 2 is 1.25 bits per heavy atom. The van der Waals surface area contributed by atoms with Crippen molar-refractivity contribution in [1.29, 1.82) is 0 Å². The van der Waals surface area contributed by atoms with Gasteiger partial charge < -0.3 is 5.11 Å². The zero-order valence-electron chi connectivity index (χ0n) is 4.81. The summed E-state index contributed by atoms with van der Waals surface area (Å²) in [7, 11) is 0. The van der Waals surface area contributed by atoms with Gasteiger partial charge in [0.1, 0.15) is 0 Å². The minimum atomic E-state index is 0.750. The van der Waals surface area contributed by atoms with Crippen LogP contribution in [0.15, 0.2) is 38.1 Å². The van der Waals surface area contributed by atoms with E-state index in [1.807, 2.05) is 0 Å². The van der Waals surface area contributed by atoms with Crippen LogP contribution in [-0.2, 0) is 0 Å². The zero-order valence-corrected chi connectivity index (χ0v) is 5.56. The molecule has 8 heavy (non-hydrogen) atoms. The molecule has 0 radical (unpaired) electrons. The van der Waals surface area contributed by atoms with Gasteiger partial charge in [0.15, 0.2) is 0 Å². The van der Waals surface area contributed by atoms with Crippen LogP contribution in [-0.4, -0.2) is 5.11 Å². The molecule has 0 aromatic heterocycles. The molecule has 0 amide bonds. The maximum absolute atomic E-state index is 7.33. The van der Waals surface area contributed by atoms with Crippen LogP contribution in [0.4, 0.5) is 0 Å². The lowest BCUT2D eigenvalue weighted by Crippen LogP contribution is -1.25. The van der Waals surface area contributed by atoms with Gasteiger partial charge in [-0.25, -0.2) is 0 Å². The first-order valence-corrected chi connectivity index (χ1v) is 2.23. The summed E-state index contributed by atoms with van der Waals surface area (Å²) in [4.78, 5) is 0. The fourth-order valence-corrected chi connectivity index (χ4v) is 0. The fourth-order valence-electron chi connectivity index (χ4n) is 0. The molecule has 0 heterocycles. The SMILES string of the molecule is C=C.C=CCl.C=CO. The van der Waals surface area contributed by atoms with Gasteiger partial charge in [-0.3, -0.25) is 0 Å². The third-order valence-electron chi connectivity index (χ3n) is 0. The highest BCUT2D eigenvalue weighted by molar-refractivity contribution is 6.25. The van der Waals surface area contributed by atoms with Crippen LogP contribution in [0.1, 0.15) is 0 Å². The molecule has 0 aromatic rings. The predicted molar refractivity (Wildman–Crippen MR) is 40.1 cm³/mol. The Hall–Kier alpha value is -0.690. The largest absolute Gasteiger partial charge is 0.516 e. The van der Waals surface area contributed by atoms with E-state index in [9.17, 15) is 0 Å². The molecule has 0 fully saturated rings. The lowest BCUT2D eigenvalue weighted by molar-refractivity contribution is 0.476. The number of aliphatic hydroxyl groups excluding tert-OH is 1. The molecule has 0 spiro atoms. The number of rotatable bonds is 0. The maximum atomic E-state index is 7.33. The summed E-state index contributed by atoms with van der Waals surface area (Å²) < 4.78 is 0. The highest BCUT2D eigenvalue weighted by Crippen LogP contribution is 1.60. The van der Waals surface area contributed by atoms with Gasteiger partial charge in [0.05, 0.1) is 6.26 Å². The minimum Gasteiger partial charge on any atom is -0.516 e. The summed E-state index contributed by atoms with van der Waals surface area (Å²) in [6, 6.07) is 0.